The molecule has 0 saturated carbocycles. The van der Waals surface area contributed by atoms with Crippen molar-refractivity contribution in [3.05, 3.63) is 45.9 Å². The zero-order chi connectivity index (χ0) is 22.1. The molecule has 0 fully saturated rings. The summed E-state index contributed by atoms with van der Waals surface area (Å²) in [5.41, 5.74) is 1.79. The van der Waals surface area contributed by atoms with Gasteiger partial charge in [0.25, 0.3) is 0 Å². The summed E-state index contributed by atoms with van der Waals surface area (Å²) in [6, 6.07) is 6.44. The zero-order valence-electron chi connectivity index (χ0n) is 17.5. The van der Waals surface area contributed by atoms with Crippen molar-refractivity contribution >= 4 is 17.3 Å². The number of hydrogen-bond acceptors (Lipinski definition) is 5. The van der Waals surface area contributed by atoms with Gasteiger partial charge in [0.1, 0.15) is 16.9 Å². The number of nitrogens with zero attached hydrogens (tertiary/aromatic N) is 3. The average Bonchev–Trinajstić information content (AvgIpc) is 3.17. The molecule has 2 rings (SSSR count). The third-order valence-corrected chi connectivity index (χ3v) is 5.16. The molecule has 1 aromatic carbocycles. The second-order valence-corrected chi connectivity index (χ2v) is 7.52. The Bertz CT molecular complexity index is 809. The Hall–Kier alpha value is -2.33. The lowest BCUT2D eigenvalue weighted by Crippen LogP contribution is -2.38. The Morgan fingerprint density at radius 2 is 2.00 bits per heavy atom. The number of nitrogens with one attached hydrogen (secondary N) is 1. The topological polar surface area (TPSA) is 59.0 Å². The van der Waals surface area contributed by atoms with E-state index in [9.17, 15) is 13.2 Å². The molecule has 0 saturated heterocycles. The smallest absolute Gasteiger partial charge is 0.422 e. The fraction of sp³-hybridized carbons (Fsp3) is 0.500. The molecule has 6 nitrogen and oxygen atoms in total. The maximum absolute atomic E-state index is 12.2. The summed E-state index contributed by atoms with van der Waals surface area (Å²) in [5, 5.41) is 6.17. The van der Waals surface area contributed by atoms with E-state index >= 15 is 0 Å². The average molecular weight is 445 g/mol. The molecule has 1 aromatic heterocycles. The van der Waals surface area contributed by atoms with Gasteiger partial charge in [-0.1, -0.05) is 12.1 Å². The number of thiazole rings is 1. The van der Waals surface area contributed by atoms with E-state index in [4.69, 9.17) is 9.47 Å². The minimum Gasteiger partial charge on any atom is -0.484 e. The van der Waals surface area contributed by atoms with E-state index in [0.29, 0.717) is 25.6 Å². The number of alkyl halides is 3. The quantitative estimate of drug-likeness (QED) is 0.459. The van der Waals surface area contributed by atoms with Crippen LogP contribution in [0.3, 0.4) is 0 Å². The number of aromatic nitrogens is 1. The predicted molar refractivity (Wildman–Crippen MR) is 112 cm³/mol. The van der Waals surface area contributed by atoms with Crippen LogP contribution in [0.4, 0.5) is 13.2 Å². The molecule has 0 aliphatic heterocycles. The van der Waals surface area contributed by atoms with Crippen LogP contribution in [0.2, 0.25) is 0 Å². The van der Waals surface area contributed by atoms with E-state index in [1.54, 1.807) is 30.6 Å². The molecule has 166 valence electrons. The number of methoxy groups -OCH3 is 1. The fourth-order valence-corrected chi connectivity index (χ4v) is 3.33. The van der Waals surface area contributed by atoms with Crippen molar-refractivity contribution in [2.24, 2.45) is 4.99 Å². The Morgan fingerprint density at radius 3 is 2.60 bits per heavy atom. The predicted octanol–water partition coefficient (Wildman–Crippen LogP) is 4.39. The van der Waals surface area contributed by atoms with Crippen LogP contribution in [0, 0.1) is 0 Å². The molecule has 1 heterocycles. The molecule has 1 N–H and O–H groups in total. The summed E-state index contributed by atoms with van der Waals surface area (Å²) in [7, 11) is 3.58. The third-order valence-electron chi connectivity index (χ3n) is 4.10. The van der Waals surface area contributed by atoms with Gasteiger partial charge in [0, 0.05) is 26.1 Å². The monoisotopic (exact) mass is 444 g/mol. The molecular weight excluding hydrogens is 417 g/mol. The number of benzene rings is 1. The van der Waals surface area contributed by atoms with Gasteiger partial charge in [-0.15, -0.1) is 11.3 Å². The number of guanidine groups is 1. The molecule has 0 aliphatic carbocycles. The van der Waals surface area contributed by atoms with Crippen LogP contribution in [-0.2, 0) is 17.8 Å². The number of hydrogen-bond donors (Lipinski definition) is 1. The zero-order valence-corrected chi connectivity index (χ0v) is 18.3. The third kappa shape index (κ3) is 7.83. The summed E-state index contributed by atoms with van der Waals surface area (Å²) in [5.74, 6) is 0.887. The molecule has 1 unspecified atom stereocenters. The van der Waals surface area contributed by atoms with Crippen LogP contribution in [0.5, 0.6) is 5.75 Å². The van der Waals surface area contributed by atoms with Crippen molar-refractivity contribution in [1.29, 1.82) is 0 Å². The summed E-state index contributed by atoms with van der Waals surface area (Å²) in [6.45, 7) is 4.31. The van der Waals surface area contributed by atoms with E-state index < -0.39 is 12.8 Å². The van der Waals surface area contributed by atoms with Gasteiger partial charge in [-0.05, 0) is 31.5 Å². The van der Waals surface area contributed by atoms with E-state index in [0.717, 1.165) is 16.3 Å². The standard InChI is InChI=1S/C20H27F3N4O2S/c1-5-24-19(27(3)11-16-12-30-18(26-16)14(2)28-4)25-10-15-6-8-17(9-7-15)29-13-20(21,22)23/h6-9,12,14H,5,10-11,13H2,1-4H3,(H,24,25). The van der Waals surface area contributed by atoms with Gasteiger partial charge in [0.2, 0.25) is 0 Å². The lowest BCUT2D eigenvalue weighted by molar-refractivity contribution is -0.153. The Morgan fingerprint density at radius 1 is 1.30 bits per heavy atom. The molecule has 1 atom stereocenters. The summed E-state index contributed by atoms with van der Waals surface area (Å²) >= 11 is 1.56. The molecule has 0 amide bonds. The molecule has 0 spiro atoms. The highest BCUT2D eigenvalue weighted by atomic mass is 32.1. The fourth-order valence-electron chi connectivity index (χ4n) is 2.49. The van der Waals surface area contributed by atoms with Crippen molar-refractivity contribution in [2.45, 2.75) is 39.2 Å². The lowest BCUT2D eigenvalue weighted by Gasteiger charge is -2.21. The minimum absolute atomic E-state index is 0.0426. The van der Waals surface area contributed by atoms with Crippen molar-refractivity contribution < 1.29 is 22.6 Å². The van der Waals surface area contributed by atoms with Crippen molar-refractivity contribution in [2.75, 3.05) is 27.3 Å². The van der Waals surface area contributed by atoms with Crippen molar-refractivity contribution in [3.8, 4) is 5.75 Å². The number of halogens is 3. The molecule has 0 radical (unpaired) electrons. The Balaban J connectivity index is 1.98. The Kier molecular flexibility index (Phi) is 8.91. The highest BCUT2D eigenvalue weighted by Crippen LogP contribution is 2.21. The van der Waals surface area contributed by atoms with Crippen LogP contribution in [-0.4, -0.2) is 49.3 Å². The van der Waals surface area contributed by atoms with Gasteiger partial charge in [-0.2, -0.15) is 13.2 Å². The SMILES string of the molecule is CCNC(=NCc1ccc(OCC(F)(F)F)cc1)N(C)Cc1csc(C(C)OC)n1. The number of ether oxygens (including phenoxy) is 2. The van der Waals surface area contributed by atoms with Crippen LogP contribution in [0.25, 0.3) is 0 Å². The van der Waals surface area contributed by atoms with Crippen LogP contribution in [0.1, 0.15) is 36.2 Å². The van der Waals surface area contributed by atoms with Gasteiger partial charge in [0.15, 0.2) is 12.6 Å². The first-order valence-corrected chi connectivity index (χ1v) is 10.3. The maximum atomic E-state index is 12.2. The maximum Gasteiger partial charge on any atom is 0.422 e. The molecule has 0 bridgehead atoms. The van der Waals surface area contributed by atoms with Gasteiger partial charge in [-0.3, -0.25) is 0 Å². The van der Waals surface area contributed by atoms with E-state index in [2.05, 4.69) is 15.3 Å². The van der Waals surface area contributed by atoms with Crippen LogP contribution >= 0.6 is 11.3 Å². The molecule has 30 heavy (non-hydrogen) atoms. The summed E-state index contributed by atoms with van der Waals surface area (Å²) < 4.78 is 46.7. The number of rotatable bonds is 9. The lowest BCUT2D eigenvalue weighted by atomic mass is 10.2. The Labute approximate surface area is 178 Å². The van der Waals surface area contributed by atoms with Gasteiger partial charge < -0.3 is 19.7 Å². The number of aliphatic imine (C=N–C) groups is 1. The molecule has 10 heteroatoms. The largest absolute Gasteiger partial charge is 0.484 e. The van der Waals surface area contributed by atoms with Gasteiger partial charge >= 0.3 is 6.18 Å². The van der Waals surface area contributed by atoms with E-state index in [1.807, 2.05) is 31.2 Å². The van der Waals surface area contributed by atoms with E-state index in [-0.39, 0.29) is 11.9 Å². The second kappa shape index (κ2) is 11.2. The van der Waals surface area contributed by atoms with Gasteiger partial charge in [0.05, 0.1) is 18.8 Å². The first-order chi connectivity index (χ1) is 14.2. The van der Waals surface area contributed by atoms with Crippen molar-refractivity contribution in [3.63, 3.8) is 0 Å². The summed E-state index contributed by atoms with van der Waals surface area (Å²) in [6.07, 6.45) is -4.40. The van der Waals surface area contributed by atoms with Crippen LogP contribution < -0.4 is 10.1 Å². The van der Waals surface area contributed by atoms with Crippen molar-refractivity contribution in [1.82, 2.24) is 15.2 Å². The molecule has 0 aliphatic rings. The molecule has 2 aromatic rings. The van der Waals surface area contributed by atoms with Crippen LogP contribution in [0.15, 0.2) is 34.6 Å². The highest BCUT2D eigenvalue weighted by molar-refractivity contribution is 7.09. The first-order valence-electron chi connectivity index (χ1n) is 9.47. The van der Waals surface area contributed by atoms with Gasteiger partial charge in [-0.25, -0.2) is 9.98 Å². The summed E-state index contributed by atoms with van der Waals surface area (Å²) in [4.78, 5) is 11.2. The second-order valence-electron chi connectivity index (χ2n) is 6.63. The molecular formula is C20H27F3N4O2S. The first kappa shape index (κ1) is 23.9. The highest BCUT2D eigenvalue weighted by Gasteiger charge is 2.28. The minimum atomic E-state index is -4.35. The normalized spacial score (nSPS) is 13.2. The van der Waals surface area contributed by atoms with E-state index in [1.165, 1.54) is 12.1 Å².